The number of rotatable bonds is 2. The first-order chi connectivity index (χ1) is 8.80. The van der Waals surface area contributed by atoms with Crippen molar-refractivity contribution < 1.29 is 13.2 Å². The maximum atomic E-state index is 12.3. The van der Waals surface area contributed by atoms with Crippen molar-refractivity contribution in [2.24, 2.45) is 0 Å². The highest BCUT2D eigenvalue weighted by atomic mass is 79.9. The smallest absolute Gasteiger partial charge is 0.253 e. The van der Waals surface area contributed by atoms with Crippen molar-refractivity contribution in [3.8, 4) is 0 Å². The number of halogens is 2. The third-order valence-electron chi connectivity index (χ3n) is 3.24. The molecule has 0 N–H and O–H groups in total. The van der Waals surface area contributed by atoms with E-state index in [1.165, 1.54) is 4.90 Å². The van der Waals surface area contributed by atoms with Crippen molar-refractivity contribution in [3.05, 3.63) is 33.3 Å². The van der Waals surface area contributed by atoms with Crippen molar-refractivity contribution in [1.82, 2.24) is 4.90 Å². The summed E-state index contributed by atoms with van der Waals surface area (Å²) in [6.45, 7) is 0. The normalized spacial score (nSPS) is 21.3. The van der Waals surface area contributed by atoms with Crippen LogP contribution in [-0.2, 0) is 9.84 Å². The summed E-state index contributed by atoms with van der Waals surface area (Å²) >= 11 is 9.21. The zero-order chi connectivity index (χ0) is 14.2. The van der Waals surface area contributed by atoms with Crippen LogP contribution in [0.25, 0.3) is 0 Å². The number of amides is 1. The van der Waals surface area contributed by atoms with Gasteiger partial charge in [-0.3, -0.25) is 4.79 Å². The SMILES string of the molecule is CN(C(=O)c1ccc(Br)c(Cl)c1)C1CCS(=O)(=O)C1. The van der Waals surface area contributed by atoms with E-state index in [0.717, 1.165) is 4.47 Å². The van der Waals surface area contributed by atoms with Gasteiger partial charge in [0.15, 0.2) is 9.84 Å². The first-order valence-corrected chi connectivity index (χ1v) is 8.72. The highest BCUT2D eigenvalue weighted by Crippen LogP contribution is 2.25. The van der Waals surface area contributed by atoms with Gasteiger partial charge in [0.25, 0.3) is 5.91 Å². The van der Waals surface area contributed by atoms with Crippen molar-refractivity contribution in [2.45, 2.75) is 12.5 Å². The van der Waals surface area contributed by atoms with E-state index in [0.29, 0.717) is 17.0 Å². The molecule has 0 aliphatic carbocycles. The largest absolute Gasteiger partial charge is 0.338 e. The van der Waals surface area contributed by atoms with Crippen LogP contribution < -0.4 is 0 Å². The van der Waals surface area contributed by atoms with E-state index in [-0.39, 0.29) is 23.5 Å². The number of hydrogen-bond acceptors (Lipinski definition) is 3. The van der Waals surface area contributed by atoms with E-state index in [1.54, 1.807) is 25.2 Å². The quantitative estimate of drug-likeness (QED) is 0.807. The molecule has 1 atom stereocenters. The Morgan fingerprint density at radius 3 is 2.68 bits per heavy atom. The molecule has 1 saturated heterocycles. The molecule has 7 heteroatoms. The number of carbonyl (C=O) groups excluding carboxylic acids is 1. The van der Waals surface area contributed by atoms with E-state index >= 15 is 0 Å². The second kappa shape index (κ2) is 5.42. The zero-order valence-corrected chi connectivity index (χ0v) is 13.4. The molecule has 1 heterocycles. The topological polar surface area (TPSA) is 54.5 Å². The van der Waals surface area contributed by atoms with Gasteiger partial charge >= 0.3 is 0 Å². The van der Waals surface area contributed by atoms with Crippen LogP contribution in [0.3, 0.4) is 0 Å². The summed E-state index contributed by atoms with van der Waals surface area (Å²) in [5.74, 6) is -0.0212. The average molecular weight is 367 g/mol. The molecule has 1 aliphatic rings. The number of benzene rings is 1. The molecule has 1 aromatic carbocycles. The Labute approximate surface area is 125 Å². The Bertz CT molecular complexity index is 617. The Hall–Kier alpha value is -0.590. The Balaban J connectivity index is 2.17. The maximum Gasteiger partial charge on any atom is 0.253 e. The minimum absolute atomic E-state index is 0.0412. The molecular formula is C12H13BrClNO3S. The minimum atomic E-state index is -3.00. The molecule has 0 saturated carbocycles. The molecule has 0 bridgehead atoms. The molecule has 19 heavy (non-hydrogen) atoms. The monoisotopic (exact) mass is 365 g/mol. The lowest BCUT2D eigenvalue weighted by atomic mass is 10.1. The summed E-state index contributed by atoms with van der Waals surface area (Å²) in [6.07, 6.45) is 0.495. The van der Waals surface area contributed by atoms with Crippen LogP contribution in [0.4, 0.5) is 0 Å². The van der Waals surface area contributed by atoms with Gasteiger partial charge in [-0.25, -0.2) is 8.42 Å². The molecule has 1 amide bonds. The van der Waals surface area contributed by atoms with Crippen LogP contribution in [0.1, 0.15) is 16.8 Å². The maximum absolute atomic E-state index is 12.3. The molecule has 1 unspecified atom stereocenters. The fraction of sp³-hybridized carbons (Fsp3) is 0.417. The molecule has 1 aromatic rings. The van der Waals surface area contributed by atoms with Crippen LogP contribution in [0, 0.1) is 0 Å². The first kappa shape index (κ1) is 14.8. The number of sulfone groups is 1. The highest BCUT2D eigenvalue weighted by Gasteiger charge is 2.33. The minimum Gasteiger partial charge on any atom is -0.338 e. The average Bonchev–Trinajstić information content (AvgIpc) is 2.71. The van der Waals surface area contributed by atoms with E-state index in [9.17, 15) is 13.2 Å². The third-order valence-corrected chi connectivity index (χ3v) is 6.23. The van der Waals surface area contributed by atoms with Gasteiger partial charge in [-0.1, -0.05) is 11.6 Å². The summed E-state index contributed by atoms with van der Waals surface area (Å²) < 4.78 is 23.6. The van der Waals surface area contributed by atoms with Gasteiger partial charge in [-0.2, -0.15) is 0 Å². The second-order valence-electron chi connectivity index (χ2n) is 4.60. The van der Waals surface area contributed by atoms with Gasteiger partial charge in [0.2, 0.25) is 0 Å². The van der Waals surface area contributed by atoms with E-state index in [1.807, 2.05) is 0 Å². The van der Waals surface area contributed by atoms with Crippen molar-refractivity contribution in [3.63, 3.8) is 0 Å². The summed E-state index contributed by atoms with van der Waals surface area (Å²) in [7, 11) is -1.37. The van der Waals surface area contributed by atoms with Gasteiger partial charge in [-0.15, -0.1) is 0 Å². The van der Waals surface area contributed by atoms with Crippen molar-refractivity contribution in [2.75, 3.05) is 18.6 Å². The number of nitrogens with zero attached hydrogens (tertiary/aromatic N) is 1. The van der Waals surface area contributed by atoms with Gasteiger partial charge in [0.1, 0.15) is 0 Å². The molecule has 2 rings (SSSR count). The van der Waals surface area contributed by atoms with E-state index < -0.39 is 9.84 Å². The van der Waals surface area contributed by atoms with Gasteiger partial charge in [0.05, 0.1) is 16.5 Å². The highest BCUT2D eigenvalue weighted by molar-refractivity contribution is 9.10. The standard InChI is InChI=1S/C12H13BrClNO3S/c1-15(9-4-5-19(17,18)7-9)12(16)8-2-3-10(13)11(14)6-8/h2-3,6,9H,4-5,7H2,1H3. The van der Waals surface area contributed by atoms with Crippen LogP contribution >= 0.6 is 27.5 Å². The Morgan fingerprint density at radius 2 is 2.16 bits per heavy atom. The predicted molar refractivity (Wildman–Crippen MR) is 78.3 cm³/mol. The van der Waals surface area contributed by atoms with Crippen molar-refractivity contribution in [1.29, 1.82) is 0 Å². The first-order valence-electron chi connectivity index (χ1n) is 5.73. The molecule has 4 nitrogen and oxygen atoms in total. The van der Waals surface area contributed by atoms with Gasteiger partial charge in [0, 0.05) is 23.1 Å². The fourth-order valence-corrected chi connectivity index (χ4v) is 4.28. The number of hydrogen-bond donors (Lipinski definition) is 0. The third kappa shape index (κ3) is 3.30. The molecule has 0 spiro atoms. The zero-order valence-electron chi connectivity index (χ0n) is 10.3. The van der Waals surface area contributed by atoms with Gasteiger partial charge < -0.3 is 4.90 Å². The van der Waals surface area contributed by atoms with E-state index in [2.05, 4.69) is 15.9 Å². The molecule has 104 valence electrons. The van der Waals surface area contributed by atoms with E-state index in [4.69, 9.17) is 11.6 Å². The molecule has 0 radical (unpaired) electrons. The Morgan fingerprint density at radius 1 is 1.47 bits per heavy atom. The van der Waals surface area contributed by atoms with Gasteiger partial charge in [-0.05, 0) is 40.5 Å². The summed E-state index contributed by atoms with van der Waals surface area (Å²) in [6, 6.07) is 4.70. The predicted octanol–water partition coefficient (Wildman–Crippen LogP) is 2.36. The molecular weight excluding hydrogens is 354 g/mol. The molecule has 1 fully saturated rings. The lowest BCUT2D eigenvalue weighted by Gasteiger charge is -2.23. The summed E-state index contributed by atoms with van der Waals surface area (Å²) in [5, 5.41) is 0.457. The van der Waals surface area contributed by atoms with Crippen LogP contribution in [0.2, 0.25) is 5.02 Å². The fourth-order valence-electron chi connectivity index (χ4n) is 2.08. The summed E-state index contributed by atoms with van der Waals surface area (Å²) in [4.78, 5) is 13.8. The van der Waals surface area contributed by atoms with Crippen LogP contribution in [-0.4, -0.2) is 43.8 Å². The second-order valence-corrected chi connectivity index (χ2v) is 8.09. The number of carbonyl (C=O) groups is 1. The van der Waals surface area contributed by atoms with Crippen molar-refractivity contribution >= 4 is 43.3 Å². The van der Waals surface area contributed by atoms with Crippen LogP contribution in [0.15, 0.2) is 22.7 Å². The lowest BCUT2D eigenvalue weighted by molar-refractivity contribution is 0.0747. The molecule has 1 aliphatic heterocycles. The molecule has 0 aromatic heterocycles. The van der Waals surface area contributed by atoms with Crippen LogP contribution in [0.5, 0.6) is 0 Å². The summed E-state index contributed by atoms with van der Waals surface area (Å²) in [5.41, 5.74) is 0.458. The Kier molecular flexibility index (Phi) is 4.23. The lowest BCUT2D eigenvalue weighted by Crippen LogP contribution is -2.37.